The lowest BCUT2D eigenvalue weighted by Crippen LogP contribution is -2.34. The highest BCUT2D eigenvalue weighted by molar-refractivity contribution is 7.89. The molecule has 0 atom stereocenters. The number of carbonyl (C=O) groups excluding carboxylic acids is 1. The maximum Gasteiger partial charge on any atom is 0.252 e. The molecule has 2 aromatic rings. The second-order valence-electron chi connectivity index (χ2n) is 4.95. The van der Waals surface area contributed by atoms with Crippen LogP contribution in [0.5, 0.6) is 5.75 Å². The fourth-order valence-electron chi connectivity index (χ4n) is 1.97. The molecule has 0 spiro atoms. The van der Waals surface area contributed by atoms with Crippen LogP contribution in [0.15, 0.2) is 47.4 Å². The smallest absolute Gasteiger partial charge is 0.252 e. The molecule has 0 aliphatic heterocycles. The number of hydrogen-bond donors (Lipinski definition) is 2. The summed E-state index contributed by atoms with van der Waals surface area (Å²) in [5.74, 6) is -0.523. The van der Waals surface area contributed by atoms with Crippen molar-refractivity contribution in [3.8, 4) is 5.75 Å². The number of ether oxygens (including phenoxy) is 1. The molecule has 0 saturated carbocycles. The van der Waals surface area contributed by atoms with E-state index in [1.54, 1.807) is 0 Å². The number of benzene rings is 2. The molecule has 0 radical (unpaired) electrons. The number of amides is 1. The van der Waals surface area contributed by atoms with Crippen molar-refractivity contribution >= 4 is 27.5 Å². The van der Waals surface area contributed by atoms with E-state index in [-0.39, 0.29) is 28.6 Å². The van der Waals surface area contributed by atoms with E-state index >= 15 is 0 Å². The first-order valence-electron chi connectivity index (χ1n) is 7.20. The molecule has 0 bridgehead atoms. The molecule has 0 fully saturated rings. The van der Waals surface area contributed by atoms with E-state index < -0.39 is 21.7 Å². The number of nitrogens with one attached hydrogen (secondary N) is 2. The number of halogens is 2. The van der Waals surface area contributed by atoms with Gasteiger partial charge in [-0.05, 0) is 42.5 Å². The number of carbonyl (C=O) groups is 1. The fraction of sp³-hybridized carbons (Fsp3) is 0.188. The highest BCUT2D eigenvalue weighted by atomic mass is 35.5. The number of sulfonamides is 1. The third-order valence-electron chi connectivity index (χ3n) is 3.25. The van der Waals surface area contributed by atoms with Gasteiger partial charge in [0.1, 0.15) is 11.6 Å². The second-order valence-corrected chi connectivity index (χ2v) is 7.13. The van der Waals surface area contributed by atoms with E-state index in [1.807, 2.05) is 0 Å². The summed E-state index contributed by atoms with van der Waals surface area (Å²) < 4.78 is 44.5. The van der Waals surface area contributed by atoms with Gasteiger partial charge in [0.25, 0.3) is 5.91 Å². The van der Waals surface area contributed by atoms with E-state index in [0.29, 0.717) is 5.75 Å². The van der Waals surface area contributed by atoms with Gasteiger partial charge in [-0.1, -0.05) is 11.6 Å². The number of rotatable bonds is 7. The monoisotopic (exact) mass is 386 g/mol. The van der Waals surface area contributed by atoms with Crippen LogP contribution < -0.4 is 14.8 Å². The van der Waals surface area contributed by atoms with E-state index in [4.69, 9.17) is 16.3 Å². The van der Waals surface area contributed by atoms with Gasteiger partial charge in [0.15, 0.2) is 0 Å². The normalized spacial score (nSPS) is 11.2. The molecule has 2 aromatic carbocycles. The van der Waals surface area contributed by atoms with Crippen molar-refractivity contribution in [2.24, 2.45) is 0 Å². The Morgan fingerprint density at radius 3 is 2.44 bits per heavy atom. The van der Waals surface area contributed by atoms with Crippen LogP contribution in [0.25, 0.3) is 0 Å². The molecule has 0 aliphatic rings. The Hall–Kier alpha value is -2.16. The van der Waals surface area contributed by atoms with Crippen molar-refractivity contribution in [2.75, 3.05) is 20.2 Å². The molecule has 9 heteroatoms. The standard InChI is InChI=1S/C16H16ClFN2O4S/c1-24-12-3-5-13(6-4-12)25(22,23)20-9-8-19-16(21)14-7-2-11(18)10-15(14)17/h2-7,10,20H,8-9H2,1H3,(H,19,21). The van der Waals surface area contributed by atoms with Crippen molar-refractivity contribution in [1.29, 1.82) is 0 Å². The van der Waals surface area contributed by atoms with Gasteiger partial charge in [0, 0.05) is 13.1 Å². The highest BCUT2D eigenvalue weighted by Crippen LogP contribution is 2.17. The van der Waals surface area contributed by atoms with Crippen LogP contribution >= 0.6 is 11.6 Å². The lowest BCUT2D eigenvalue weighted by Gasteiger charge is -2.09. The molecule has 0 saturated heterocycles. The molecule has 0 heterocycles. The molecule has 1 amide bonds. The summed E-state index contributed by atoms with van der Waals surface area (Å²) in [7, 11) is -2.21. The largest absolute Gasteiger partial charge is 0.497 e. The molecule has 2 rings (SSSR count). The molecule has 134 valence electrons. The first kappa shape index (κ1) is 19.2. The molecular formula is C16H16ClFN2O4S. The van der Waals surface area contributed by atoms with Crippen molar-refractivity contribution < 1.29 is 22.3 Å². The minimum absolute atomic E-state index is 0.0150. The predicted octanol–water partition coefficient (Wildman–Crippen LogP) is 2.20. The van der Waals surface area contributed by atoms with E-state index in [9.17, 15) is 17.6 Å². The van der Waals surface area contributed by atoms with Gasteiger partial charge in [-0.2, -0.15) is 0 Å². The van der Waals surface area contributed by atoms with Crippen molar-refractivity contribution in [3.05, 3.63) is 58.9 Å². The Bertz CT molecular complexity index is 857. The third kappa shape index (κ3) is 5.15. The van der Waals surface area contributed by atoms with Gasteiger partial charge >= 0.3 is 0 Å². The van der Waals surface area contributed by atoms with Crippen LogP contribution in [0.1, 0.15) is 10.4 Å². The number of methoxy groups -OCH3 is 1. The Balaban J connectivity index is 1.88. The topological polar surface area (TPSA) is 84.5 Å². The zero-order valence-corrected chi connectivity index (χ0v) is 14.8. The van der Waals surface area contributed by atoms with Crippen LogP contribution in [0.4, 0.5) is 4.39 Å². The maximum atomic E-state index is 13.0. The molecule has 0 unspecified atom stereocenters. The summed E-state index contributed by atoms with van der Waals surface area (Å²) in [6, 6.07) is 9.31. The highest BCUT2D eigenvalue weighted by Gasteiger charge is 2.14. The molecule has 0 aromatic heterocycles. The van der Waals surface area contributed by atoms with Crippen molar-refractivity contribution in [1.82, 2.24) is 10.0 Å². The summed E-state index contributed by atoms with van der Waals surface area (Å²) in [5, 5.41) is 2.49. The minimum atomic E-state index is -3.69. The van der Waals surface area contributed by atoms with Crippen LogP contribution in [0.2, 0.25) is 5.02 Å². The van der Waals surface area contributed by atoms with Crippen molar-refractivity contribution in [2.45, 2.75) is 4.90 Å². The van der Waals surface area contributed by atoms with Crippen LogP contribution in [-0.4, -0.2) is 34.5 Å². The van der Waals surface area contributed by atoms with Gasteiger partial charge in [-0.3, -0.25) is 4.79 Å². The summed E-state index contributed by atoms with van der Waals surface area (Å²) in [6.45, 7) is 0.0286. The lowest BCUT2D eigenvalue weighted by molar-refractivity contribution is 0.0954. The molecular weight excluding hydrogens is 371 g/mol. The van der Waals surface area contributed by atoms with E-state index in [2.05, 4.69) is 10.0 Å². The quantitative estimate of drug-likeness (QED) is 0.714. The first-order chi connectivity index (χ1) is 11.8. The van der Waals surface area contributed by atoms with Crippen LogP contribution in [0, 0.1) is 5.82 Å². The SMILES string of the molecule is COc1ccc(S(=O)(=O)NCCNC(=O)c2ccc(F)cc2Cl)cc1. The molecule has 2 N–H and O–H groups in total. The van der Waals surface area contributed by atoms with E-state index in [0.717, 1.165) is 12.1 Å². The first-order valence-corrected chi connectivity index (χ1v) is 9.06. The average molecular weight is 387 g/mol. The van der Waals surface area contributed by atoms with Gasteiger partial charge in [0.2, 0.25) is 10.0 Å². The molecule has 25 heavy (non-hydrogen) atoms. The predicted molar refractivity (Wildman–Crippen MR) is 91.9 cm³/mol. The zero-order chi connectivity index (χ0) is 18.4. The lowest BCUT2D eigenvalue weighted by atomic mass is 10.2. The molecule has 6 nitrogen and oxygen atoms in total. The van der Waals surface area contributed by atoms with Gasteiger partial charge in [0.05, 0.1) is 22.6 Å². The fourth-order valence-corrected chi connectivity index (χ4v) is 3.25. The summed E-state index contributed by atoms with van der Waals surface area (Å²) in [5.41, 5.74) is 0.112. The Morgan fingerprint density at radius 1 is 1.16 bits per heavy atom. The Labute approximate surface area is 150 Å². The average Bonchev–Trinajstić information content (AvgIpc) is 2.58. The zero-order valence-electron chi connectivity index (χ0n) is 13.3. The molecule has 0 aliphatic carbocycles. The Kier molecular flexibility index (Phi) is 6.35. The maximum absolute atomic E-state index is 13.0. The third-order valence-corrected chi connectivity index (χ3v) is 5.04. The van der Waals surface area contributed by atoms with Crippen LogP contribution in [-0.2, 0) is 10.0 Å². The van der Waals surface area contributed by atoms with Crippen molar-refractivity contribution in [3.63, 3.8) is 0 Å². The Morgan fingerprint density at radius 2 is 1.84 bits per heavy atom. The number of hydrogen-bond acceptors (Lipinski definition) is 4. The van der Waals surface area contributed by atoms with Gasteiger partial charge in [-0.25, -0.2) is 17.5 Å². The van der Waals surface area contributed by atoms with Crippen LogP contribution in [0.3, 0.4) is 0 Å². The van der Waals surface area contributed by atoms with Gasteiger partial charge < -0.3 is 10.1 Å². The minimum Gasteiger partial charge on any atom is -0.497 e. The summed E-state index contributed by atoms with van der Waals surface area (Å²) >= 11 is 5.79. The van der Waals surface area contributed by atoms with Gasteiger partial charge in [-0.15, -0.1) is 0 Å². The van der Waals surface area contributed by atoms with E-state index in [1.165, 1.54) is 37.4 Å². The summed E-state index contributed by atoms with van der Waals surface area (Å²) in [4.78, 5) is 12.0. The summed E-state index contributed by atoms with van der Waals surface area (Å²) in [6.07, 6.45) is 0. The second kappa shape index (κ2) is 8.28.